The Hall–Kier alpha value is -1.42. The zero-order valence-electron chi connectivity index (χ0n) is 15.2. The molecule has 2 saturated carbocycles. The number of allylic oxidation sites excluding steroid dienone is 4. The van der Waals surface area contributed by atoms with Crippen molar-refractivity contribution in [1.82, 2.24) is 0 Å². The van der Waals surface area contributed by atoms with E-state index in [4.69, 9.17) is 4.74 Å². The summed E-state index contributed by atoms with van der Waals surface area (Å²) in [6.45, 7) is 5.67. The number of rotatable bonds is 1. The Balaban J connectivity index is 1.71. The van der Waals surface area contributed by atoms with Crippen LogP contribution >= 0.6 is 0 Å². The fourth-order valence-electron chi connectivity index (χ4n) is 5.96. The van der Waals surface area contributed by atoms with Crippen molar-refractivity contribution in [3.8, 4) is 0 Å². The zero-order valence-corrected chi connectivity index (χ0v) is 15.2. The molecule has 3 unspecified atom stereocenters. The van der Waals surface area contributed by atoms with Gasteiger partial charge in [-0.05, 0) is 44.4 Å². The van der Waals surface area contributed by atoms with Gasteiger partial charge >= 0.3 is 5.97 Å². The minimum Gasteiger partial charge on any atom is -0.459 e. The van der Waals surface area contributed by atoms with Crippen LogP contribution in [0.25, 0.3) is 0 Å². The number of aliphatic hydroxyl groups is 1. The maximum Gasteiger partial charge on any atom is 0.303 e. The number of alkyl halides is 1. The first-order chi connectivity index (χ1) is 11.8. The lowest BCUT2D eigenvalue weighted by atomic mass is 9.53. The van der Waals surface area contributed by atoms with Crippen LogP contribution < -0.4 is 0 Å². The van der Waals surface area contributed by atoms with Gasteiger partial charge in [0, 0.05) is 17.8 Å². The van der Waals surface area contributed by atoms with Gasteiger partial charge < -0.3 is 9.84 Å². The minimum absolute atomic E-state index is 0.158. The summed E-state index contributed by atoms with van der Waals surface area (Å²) in [6, 6.07) is 0. The Labute approximate surface area is 148 Å². The van der Waals surface area contributed by atoms with Gasteiger partial charge in [0.15, 0.2) is 0 Å². The zero-order chi connectivity index (χ0) is 18.0. The summed E-state index contributed by atoms with van der Waals surface area (Å²) in [6.07, 6.45) is 9.12. The van der Waals surface area contributed by atoms with E-state index in [0.29, 0.717) is 12.3 Å². The van der Waals surface area contributed by atoms with Gasteiger partial charge in [-0.1, -0.05) is 42.4 Å². The molecule has 2 fully saturated rings. The quantitative estimate of drug-likeness (QED) is 0.579. The fourth-order valence-corrected chi connectivity index (χ4v) is 5.96. The number of halogens is 1. The Bertz CT molecular complexity index is 693. The van der Waals surface area contributed by atoms with E-state index < -0.39 is 24.3 Å². The van der Waals surface area contributed by atoms with E-state index in [0.717, 1.165) is 19.3 Å². The van der Waals surface area contributed by atoms with Gasteiger partial charge in [0.1, 0.15) is 12.3 Å². The molecular formula is C21H27FO3. The third-order valence-electron chi connectivity index (χ3n) is 7.23. The van der Waals surface area contributed by atoms with Gasteiger partial charge in [-0.2, -0.15) is 0 Å². The highest BCUT2D eigenvalue weighted by atomic mass is 19.1. The van der Waals surface area contributed by atoms with Crippen molar-refractivity contribution in [3.63, 3.8) is 0 Å². The summed E-state index contributed by atoms with van der Waals surface area (Å²) >= 11 is 0. The molecule has 0 spiro atoms. The Morgan fingerprint density at radius 2 is 2.16 bits per heavy atom. The van der Waals surface area contributed by atoms with E-state index in [9.17, 15) is 14.3 Å². The molecule has 0 radical (unpaired) electrons. The molecule has 1 N–H and O–H groups in total. The molecule has 0 aromatic rings. The summed E-state index contributed by atoms with van der Waals surface area (Å²) in [5.74, 6) is 0.124. The first kappa shape index (κ1) is 17.0. The number of hydrogen-bond acceptors (Lipinski definition) is 3. The van der Waals surface area contributed by atoms with Crippen LogP contribution in [0.15, 0.2) is 35.5 Å². The topological polar surface area (TPSA) is 46.5 Å². The van der Waals surface area contributed by atoms with Crippen LogP contribution in [0.1, 0.15) is 46.5 Å². The predicted octanol–water partition coefficient (Wildman–Crippen LogP) is 3.89. The molecule has 4 aliphatic rings. The Morgan fingerprint density at radius 1 is 1.40 bits per heavy atom. The van der Waals surface area contributed by atoms with Crippen LogP contribution in [0.2, 0.25) is 0 Å². The van der Waals surface area contributed by atoms with Gasteiger partial charge in [0.25, 0.3) is 0 Å². The van der Waals surface area contributed by atoms with Crippen LogP contribution in [-0.4, -0.2) is 29.5 Å². The Morgan fingerprint density at radius 3 is 2.88 bits per heavy atom. The van der Waals surface area contributed by atoms with Crippen molar-refractivity contribution in [2.24, 2.45) is 22.7 Å². The van der Waals surface area contributed by atoms with E-state index in [-0.39, 0.29) is 16.7 Å². The van der Waals surface area contributed by atoms with Crippen LogP contribution in [-0.2, 0) is 9.53 Å². The number of fused-ring (bicyclic) bond motifs is 5. The predicted molar refractivity (Wildman–Crippen MR) is 93.4 cm³/mol. The van der Waals surface area contributed by atoms with Crippen molar-refractivity contribution in [2.75, 3.05) is 0 Å². The third kappa shape index (κ3) is 2.37. The van der Waals surface area contributed by atoms with Gasteiger partial charge in [-0.25, -0.2) is 4.39 Å². The molecule has 0 aliphatic heterocycles. The van der Waals surface area contributed by atoms with Gasteiger partial charge in [0.05, 0.1) is 6.10 Å². The molecule has 0 saturated heterocycles. The van der Waals surface area contributed by atoms with E-state index in [1.165, 1.54) is 18.1 Å². The second-order valence-corrected chi connectivity index (χ2v) is 8.65. The third-order valence-corrected chi connectivity index (χ3v) is 7.23. The number of aliphatic hydroxyl groups excluding tert-OH is 1. The second-order valence-electron chi connectivity index (χ2n) is 8.65. The maximum atomic E-state index is 14.8. The van der Waals surface area contributed by atoms with E-state index in [1.54, 1.807) is 0 Å². The summed E-state index contributed by atoms with van der Waals surface area (Å²) in [5, 5.41) is 9.92. The highest BCUT2D eigenvalue weighted by molar-refractivity contribution is 5.66. The fraction of sp³-hybridized carbons (Fsp3) is 0.667. The monoisotopic (exact) mass is 346 g/mol. The normalized spacial score (nSPS) is 48.0. The largest absolute Gasteiger partial charge is 0.459 e. The number of ether oxygens (including phenoxy) is 1. The average molecular weight is 346 g/mol. The lowest BCUT2D eigenvalue weighted by Gasteiger charge is -2.52. The van der Waals surface area contributed by atoms with Crippen molar-refractivity contribution in [3.05, 3.63) is 35.5 Å². The van der Waals surface area contributed by atoms with E-state index in [2.05, 4.69) is 26.0 Å². The molecule has 4 rings (SSSR count). The van der Waals surface area contributed by atoms with Crippen molar-refractivity contribution in [1.29, 1.82) is 0 Å². The molecule has 3 nitrogen and oxygen atoms in total. The van der Waals surface area contributed by atoms with Gasteiger partial charge in [-0.3, -0.25) is 4.79 Å². The standard InChI is InChI=1S/C21H27FO3/c1-12(23)25-19-18(22)11-17-15-5-4-13-10-14(24)6-8-20(13,2)16(15)7-9-21(17,19)3/h6-8,10,14-15,17-19,24H,4-5,9,11H2,1-3H3/t14?,15-,17+,18?,19?,20+,21+/m1/s1. The highest BCUT2D eigenvalue weighted by Gasteiger charge is 2.60. The molecule has 0 heterocycles. The smallest absolute Gasteiger partial charge is 0.303 e. The number of esters is 1. The summed E-state index contributed by atoms with van der Waals surface area (Å²) in [4.78, 5) is 11.5. The first-order valence-electron chi connectivity index (χ1n) is 9.36. The summed E-state index contributed by atoms with van der Waals surface area (Å²) in [5.41, 5.74) is 2.16. The lowest BCUT2D eigenvalue weighted by molar-refractivity contribution is -0.156. The van der Waals surface area contributed by atoms with Crippen molar-refractivity contribution >= 4 is 5.97 Å². The van der Waals surface area contributed by atoms with E-state index in [1.807, 2.05) is 12.2 Å². The Kier molecular flexibility index (Phi) is 3.77. The minimum atomic E-state index is -1.08. The number of carbonyl (C=O) groups excluding carboxylic acids is 1. The second kappa shape index (κ2) is 5.54. The van der Waals surface area contributed by atoms with Crippen LogP contribution in [0.5, 0.6) is 0 Å². The number of hydrogen-bond donors (Lipinski definition) is 1. The van der Waals surface area contributed by atoms with Gasteiger partial charge in [-0.15, -0.1) is 0 Å². The number of carbonyl (C=O) groups is 1. The van der Waals surface area contributed by atoms with Crippen LogP contribution in [0.4, 0.5) is 4.39 Å². The average Bonchev–Trinajstić information content (AvgIpc) is 2.79. The summed E-state index contributed by atoms with van der Waals surface area (Å²) < 4.78 is 20.2. The molecule has 25 heavy (non-hydrogen) atoms. The molecule has 0 bridgehead atoms. The maximum absolute atomic E-state index is 14.8. The molecule has 7 atom stereocenters. The molecule has 0 amide bonds. The van der Waals surface area contributed by atoms with Gasteiger partial charge in [0.2, 0.25) is 0 Å². The first-order valence-corrected chi connectivity index (χ1v) is 9.36. The van der Waals surface area contributed by atoms with Crippen molar-refractivity contribution in [2.45, 2.75) is 64.8 Å². The van der Waals surface area contributed by atoms with Crippen molar-refractivity contribution < 1.29 is 19.0 Å². The molecule has 4 aliphatic carbocycles. The lowest BCUT2D eigenvalue weighted by Crippen LogP contribution is -2.46. The molecular weight excluding hydrogens is 319 g/mol. The van der Waals surface area contributed by atoms with E-state index >= 15 is 0 Å². The highest BCUT2D eigenvalue weighted by Crippen LogP contribution is 2.63. The SMILES string of the molecule is CC(=O)OC1C(F)C[C@H]2[C@@H]3CCC4=CC(O)C=C[C@]4(C)C3=CC[C@]12C. The van der Waals surface area contributed by atoms with Crippen LogP contribution in [0, 0.1) is 22.7 Å². The summed E-state index contributed by atoms with van der Waals surface area (Å²) in [7, 11) is 0. The van der Waals surface area contributed by atoms with Crippen LogP contribution in [0.3, 0.4) is 0 Å². The molecule has 0 aromatic heterocycles. The molecule has 0 aromatic carbocycles. The molecule has 4 heteroatoms. The molecule has 136 valence electrons.